The first-order chi connectivity index (χ1) is 7.81. The molecular formula is C12H17N3S. The normalized spacial score (nSPS) is 17.2. The van der Waals surface area contributed by atoms with Crippen LogP contribution in [0.15, 0.2) is 29.8 Å². The molecule has 0 atom stereocenters. The Morgan fingerprint density at radius 1 is 1.69 bits per heavy atom. The largest absolute Gasteiger partial charge is 0.302 e. The minimum atomic E-state index is 0.926. The Kier molecular flexibility index (Phi) is 3.85. The number of likely N-dealkylation sites (N-methyl/N-ethyl adjacent to an activating group) is 1. The molecule has 1 aromatic heterocycles. The Bertz CT molecular complexity index is 395. The molecule has 2 heterocycles. The Morgan fingerprint density at radius 3 is 3.31 bits per heavy atom. The number of hydrogen-bond donors (Lipinski definition) is 1. The van der Waals surface area contributed by atoms with E-state index < -0.39 is 0 Å². The van der Waals surface area contributed by atoms with Crippen molar-refractivity contribution in [2.24, 2.45) is 0 Å². The van der Waals surface area contributed by atoms with Gasteiger partial charge in [-0.05, 0) is 19.0 Å². The van der Waals surface area contributed by atoms with E-state index in [-0.39, 0.29) is 0 Å². The fourth-order valence-electron chi connectivity index (χ4n) is 1.83. The van der Waals surface area contributed by atoms with Crippen molar-refractivity contribution in [3.63, 3.8) is 0 Å². The van der Waals surface area contributed by atoms with Gasteiger partial charge in [0.1, 0.15) is 5.69 Å². The zero-order valence-corrected chi connectivity index (χ0v) is 10.4. The lowest BCUT2D eigenvalue weighted by Gasteiger charge is -2.22. The van der Waals surface area contributed by atoms with Crippen molar-refractivity contribution in [2.75, 3.05) is 25.9 Å². The van der Waals surface area contributed by atoms with E-state index in [1.54, 1.807) is 11.8 Å². The van der Waals surface area contributed by atoms with Gasteiger partial charge < -0.3 is 4.90 Å². The second-order valence-electron chi connectivity index (χ2n) is 3.95. The van der Waals surface area contributed by atoms with E-state index in [1.165, 1.54) is 10.5 Å². The molecule has 3 nitrogen and oxygen atoms in total. The molecule has 0 aromatic carbocycles. The maximum Gasteiger partial charge on any atom is 0.103 e. The summed E-state index contributed by atoms with van der Waals surface area (Å²) in [6.45, 7) is 5.87. The summed E-state index contributed by atoms with van der Waals surface area (Å²) in [5, 5.41) is 7.31. The number of rotatable bonds is 4. The third kappa shape index (κ3) is 2.57. The van der Waals surface area contributed by atoms with E-state index in [0.717, 1.165) is 31.0 Å². The van der Waals surface area contributed by atoms with Gasteiger partial charge in [0.15, 0.2) is 0 Å². The monoisotopic (exact) mass is 235 g/mol. The number of H-pyrrole nitrogens is 1. The maximum atomic E-state index is 4.35. The summed E-state index contributed by atoms with van der Waals surface area (Å²) in [7, 11) is 2.15. The van der Waals surface area contributed by atoms with Crippen molar-refractivity contribution in [3.8, 4) is 0 Å². The van der Waals surface area contributed by atoms with Crippen LogP contribution < -0.4 is 0 Å². The highest BCUT2D eigenvalue weighted by Crippen LogP contribution is 2.28. The van der Waals surface area contributed by atoms with Crippen LogP contribution in [-0.2, 0) is 0 Å². The molecule has 1 aromatic rings. The first-order valence-electron chi connectivity index (χ1n) is 5.46. The van der Waals surface area contributed by atoms with Crippen molar-refractivity contribution < 1.29 is 0 Å². The van der Waals surface area contributed by atoms with Crippen LogP contribution in [0.3, 0.4) is 0 Å². The fraction of sp³-hybridized carbons (Fsp3) is 0.417. The lowest BCUT2D eigenvalue weighted by atomic mass is 10.1. The van der Waals surface area contributed by atoms with Gasteiger partial charge in [-0.25, -0.2) is 0 Å². The molecule has 2 rings (SSSR count). The number of aromatic amines is 1. The van der Waals surface area contributed by atoms with Gasteiger partial charge in [0.05, 0.1) is 4.90 Å². The smallest absolute Gasteiger partial charge is 0.103 e. The van der Waals surface area contributed by atoms with E-state index in [0.29, 0.717) is 0 Å². The van der Waals surface area contributed by atoms with E-state index in [2.05, 4.69) is 34.8 Å². The van der Waals surface area contributed by atoms with E-state index >= 15 is 0 Å². The quantitative estimate of drug-likeness (QED) is 0.642. The highest BCUT2D eigenvalue weighted by atomic mass is 32.2. The lowest BCUT2D eigenvalue weighted by molar-refractivity contribution is 0.372. The topological polar surface area (TPSA) is 31.9 Å². The first-order valence-corrected chi connectivity index (χ1v) is 6.45. The van der Waals surface area contributed by atoms with E-state index in [9.17, 15) is 0 Å². The third-order valence-electron chi connectivity index (χ3n) is 2.61. The summed E-state index contributed by atoms with van der Waals surface area (Å²) in [5.41, 5.74) is 2.44. The second-order valence-corrected chi connectivity index (χ2v) is 5.02. The van der Waals surface area contributed by atoms with Gasteiger partial charge in [-0.3, -0.25) is 5.10 Å². The summed E-state index contributed by atoms with van der Waals surface area (Å²) in [5.74, 6) is 0.926. The van der Waals surface area contributed by atoms with Gasteiger partial charge in [0, 0.05) is 25.0 Å². The van der Waals surface area contributed by atoms with Gasteiger partial charge in [-0.1, -0.05) is 12.2 Å². The Balaban J connectivity index is 2.16. The molecule has 0 saturated heterocycles. The molecule has 86 valence electrons. The van der Waals surface area contributed by atoms with Gasteiger partial charge >= 0.3 is 0 Å². The second kappa shape index (κ2) is 5.37. The van der Waals surface area contributed by atoms with Crippen LogP contribution in [0.4, 0.5) is 0 Å². The van der Waals surface area contributed by atoms with Gasteiger partial charge in [-0.2, -0.15) is 5.10 Å². The van der Waals surface area contributed by atoms with Crippen LogP contribution in [0, 0.1) is 0 Å². The number of aromatic nitrogens is 2. The van der Waals surface area contributed by atoms with Crippen LogP contribution in [0.25, 0.3) is 5.57 Å². The summed E-state index contributed by atoms with van der Waals surface area (Å²) >= 11 is 1.78. The van der Waals surface area contributed by atoms with Gasteiger partial charge in [0.2, 0.25) is 0 Å². The molecule has 1 aliphatic rings. The van der Waals surface area contributed by atoms with Crippen LogP contribution in [0.5, 0.6) is 0 Å². The summed E-state index contributed by atoms with van der Waals surface area (Å²) in [6, 6.07) is 0. The average Bonchev–Trinajstić information content (AvgIpc) is 2.74. The molecule has 0 saturated carbocycles. The predicted octanol–water partition coefficient (Wildman–Crippen LogP) is 2.41. The summed E-state index contributed by atoms with van der Waals surface area (Å²) in [6.07, 6.45) is 7.31. The molecule has 0 aliphatic carbocycles. The zero-order chi connectivity index (χ0) is 11.4. The van der Waals surface area contributed by atoms with E-state index in [4.69, 9.17) is 0 Å². The SMILES string of the molecule is C=CCSc1c[nH]nc1C1=CCCN(C)C1. The summed E-state index contributed by atoms with van der Waals surface area (Å²) in [4.78, 5) is 3.55. The zero-order valence-electron chi connectivity index (χ0n) is 9.57. The average molecular weight is 235 g/mol. The molecule has 0 fully saturated rings. The van der Waals surface area contributed by atoms with Crippen molar-refractivity contribution >= 4 is 17.3 Å². The van der Waals surface area contributed by atoms with Gasteiger partial charge in [-0.15, -0.1) is 18.3 Å². The van der Waals surface area contributed by atoms with Crippen LogP contribution in [-0.4, -0.2) is 41.0 Å². The van der Waals surface area contributed by atoms with Crippen molar-refractivity contribution in [2.45, 2.75) is 11.3 Å². The number of thioether (sulfide) groups is 1. The number of nitrogens with one attached hydrogen (secondary N) is 1. The molecule has 0 amide bonds. The number of nitrogens with zero attached hydrogens (tertiary/aromatic N) is 2. The Hall–Kier alpha value is -1.00. The van der Waals surface area contributed by atoms with E-state index in [1.807, 2.05) is 12.3 Å². The van der Waals surface area contributed by atoms with Crippen molar-refractivity contribution in [1.29, 1.82) is 0 Å². The van der Waals surface area contributed by atoms with Crippen LogP contribution in [0.1, 0.15) is 12.1 Å². The van der Waals surface area contributed by atoms with Crippen molar-refractivity contribution in [1.82, 2.24) is 15.1 Å². The minimum absolute atomic E-state index is 0.926. The molecular weight excluding hydrogens is 218 g/mol. The highest BCUT2D eigenvalue weighted by molar-refractivity contribution is 7.99. The molecule has 16 heavy (non-hydrogen) atoms. The molecule has 1 aliphatic heterocycles. The Labute approximate surface area is 101 Å². The summed E-state index contributed by atoms with van der Waals surface area (Å²) < 4.78 is 0. The molecule has 0 bridgehead atoms. The van der Waals surface area contributed by atoms with Crippen molar-refractivity contribution in [3.05, 3.63) is 30.6 Å². The minimum Gasteiger partial charge on any atom is -0.302 e. The standard InChI is InChI=1S/C12H17N3S/c1-3-7-16-11-8-13-14-12(11)10-5-4-6-15(2)9-10/h3,5,8H,1,4,6-7,9H2,2H3,(H,13,14). The van der Waals surface area contributed by atoms with Gasteiger partial charge in [0.25, 0.3) is 0 Å². The van der Waals surface area contributed by atoms with Crippen LogP contribution >= 0.6 is 11.8 Å². The maximum absolute atomic E-state index is 4.35. The number of hydrogen-bond acceptors (Lipinski definition) is 3. The first kappa shape index (κ1) is 11.5. The Morgan fingerprint density at radius 2 is 2.56 bits per heavy atom. The fourth-order valence-corrected chi connectivity index (χ4v) is 2.58. The third-order valence-corrected chi connectivity index (χ3v) is 3.63. The molecule has 0 unspecified atom stereocenters. The molecule has 1 N–H and O–H groups in total. The predicted molar refractivity (Wildman–Crippen MR) is 69.6 cm³/mol. The van der Waals surface area contributed by atoms with Crippen LogP contribution in [0.2, 0.25) is 0 Å². The molecule has 0 radical (unpaired) electrons. The molecule has 4 heteroatoms. The molecule has 0 spiro atoms. The lowest BCUT2D eigenvalue weighted by Crippen LogP contribution is -2.25. The highest BCUT2D eigenvalue weighted by Gasteiger charge is 2.15.